The van der Waals surface area contributed by atoms with Crippen LogP contribution in [0.25, 0.3) is 22.2 Å². The van der Waals surface area contributed by atoms with Crippen LogP contribution >= 0.6 is 27.5 Å². The van der Waals surface area contributed by atoms with Gasteiger partial charge in [-0.3, -0.25) is 0 Å². The van der Waals surface area contributed by atoms with Crippen molar-refractivity contribution in [3.8, 4) is 11.3 Å². The minimum absolute atomic E-state index is 0.155. The summed E-state index contributed by atoms with van der Waals surface area (Å²) in [6, 6.07) is 10.6. The maximum Gasteiger partial charge on any atom is 0.336 e. The summed E-state index contributed by atoms with van der Waals surface area (Å²) in [7, 11) is 0. The number of aromatic nitrogens is 2. The summed E-state index contributed by atoms with van der Waals surface area (Å²) in [6.07, 6.45) is 1.43. The third kappa shape index (κ3) is 2.75. The van der Waals surface area contributed by atoms with Gasteiger partial charge in [0.05, 0.1) is 16.8 Å². The van der Waals surface area contributed by atoms with Crippen LogP contribution in [-0.4, -0.2) is 21.0 Å². The third-order valence-corrected chi connectivity index (χ3v) is 3.77. The van der Waals surface area contributed by atoms with Gasteiger partial charge in [-0.2, -0.15) is 0 Å². The quantitative estimate of drug-likeness (QED) is 0.685. The van der Waals surface area contributed by atoms with Gasteiger partial charge in [-0.25, -0.2) is 14.8 Å². The van der Waals surface area contributed by atoms with E-state index in [1.807, 2.05) is 24.3 Å². The molecule has 0 bridgehead atoms. The molecule has 0 fully saturated rings. The van der Waals surface area contributed by atoms with Crippen molar-refractivity contribution in [2.75, 3.05) is 0 Å². The number of carboxylic acids is 1. The van der Waals surface area contributed by atoms with Crippen molar-refractivity contribution in [1.29, 1.82) is 0 Å². The largest absolute Gasteiger partial charge is 0.478 e. The van der Waals surface area contributed by atoms with E-state index in [9.17, 15) is 9.90 Å². The second kappa shape index (κ2) is 5.42. The number of carboxylic acid groups (broad SMARTS) is 1. The van der Waals surface area contributed by atoms with E-state index in [1.54, 1.807) is 12.1 Å². The highest BCUT2D eigenvalue weighted by Gasteiger charge is 2.13. The number of nitrogens with zero attached hydrogens (tertiary/aromatic N) is 2. The van der Waals surface area contributed by atoms with Crippen LogP contribution in [0, 0.1) is 0 Å². The maximum atomic E-state index is 11.4. The number of halogens is 2. The molecule has 0 saturated heterocycles. The van der Waals surface area contributed by atoms with E-state index in [0.29, 0.717) is 16.6 Å². The Hall–Kier alpha value is -1.98. The first kappa shape index (κ1) is 14.0. The van der Waals surface area contributed by atoms with Crippen molar-refractivity contribution in [2.45, 2.75) is 0 Å². The Labute approximate surface area is 133 Å². The van der Waals surface area contributed by atoms with Crippen molar-refractivity contribution >= 4 is 44.4 Å². The number of aromatic carboxylic acids is 1. The molecule has 3 aromatic rings. The lowest BCUT2D eigenvalue weighted by Crippen LogP contribution is -2.00. The van der Waals surface area contributed by atoms with Crippen molar-refractivity contribution in [3.63, 3.8) is 0 Å². The van der Waals surface area contributed by atoms with Gasteiger partial charge in [0.2, 0.25) is 0 Å². The van der Waals surface area contributed by atoms with Crippen LogP contribution in [-0.2, 0) is 0 Å². The van der Waals surface area contributed by atoms with Gasteiger partial charge < -0.3 is 5.11 Å². The molecule has 0 amide bonds. The number of hydrogen-bond donors (Lipinski definition) is 1. The zero-order valence-corrected chi connectivity index (χ0v) is 12.9. The van der Waals surface area contributed by atoms with Crippen LogP contribution in [0.1, 0.15) is 10.4 Å². The van der Waals surface area contributed by atoms with Gasteiger partial charge in [0.1, 0.15) is 5.15 Å². The molecule has 0 saturated carbocycles. The molecule has 1 aromatic carbocycles. The van der Waals surface area contributed by atoms with Gasteiger partial charge >= 0.3 is 5.97 Å². The van der Waals surface area contributed by atoms with Crippen LogP contribution in [0.3, 0.4) is 0 Å². The van der Waals surface area contributed by atoms with E-state index in [0.717, 1.165) is 10.0 Å². The van der Waals surface area contributed by atoms with Gasteiger partial charge in [-0.1, -0.05) is 39.7 Å². The SMILES string of the molecule is O=C(O)c1cc(-c2ccc(Br)cc2)nc2cc(Cl)ncc12. The minimum atomic E-state index is -1.02. The minimum Gasteiger partial charge on any atom is -0.478 e. The van der Waals surface area contributed by atoms with Gasteiger partial charge in [-0.15, -0.1) is 0 Å². The molecule has 0 aliphatic carbocycles. The summed E-state index contributed by atoms with van der Waals surface area (Å²) in [5, 5.41) is 10.1. The van der Waals surface area contributed by atoms with Crippen LogP contribution in [0.5, 0.6) is 0 Å². The highest BCUT2D eigenvalue weighted by molar-refractivity contribution is 9.10. The van der Waals surface area contributed by atoms with Crippen LogP contribution in [0.2, 0.25) is 5.15 Å². The Kier molecular flexibility index (Phi) is 3.61. The molecule has 0 unspecified atom stereocenters. The van der Waals surface area contributed by atoms with Crippen molar-refractivity contribution in [3.05, 3.63) is 57.8 Å². The first-order chi connectivity index (χ1) is 10.0. The molecular weight excluding hydrogens is 356 g/mol. The molecule has 104 valence electrons. The number of rotatable bonds is 2. The first-order valence-electron chi connectivity index (χ1n) is 6.00. The monoisotopic (exact) mass is 362 g/mol. The zero-order valence-electron chi connectivity index (χ0n) is 10.5. The molecule has 2 aromatic heterocycles. The predicted octanol–water partition coefficient (Wildman–Crippen LogP) is 4.41. The number of pyridine rings is 2. The predicted molar refractivity (Wildman–Crippen MR) is 84.6 cm³/mol. The Bertz CT molecular complexity index is 850. The molecule has 0 spiro atoms. The van der Waals surface area contributed by atoms with Crippen molar-refractivity contribution in [1.82, 2.24) is 9.97 Å². The van der Waals surface area contributed by atoms with Gasteiger partial charge in [0.25, 0.3) is 0 Å². The molecule has 1 N–H and O–H groups in total. The van der Waals surface area contributed by atoms with Crippen LogP contribution in [0.4, 0.5) is 0 Å². The Morgan fingerprint density at radius 2 is 1.90 bits per heavy atom. The third-order valence-electron chi connectivity index (χ3n) is 3.03. The molecule has 0 atom stereocenters. The second-order valence-electron chi connectivity index (χ2n) is 4.39. The van der Waals surface area contributed by atoms with Crippen molar-refractivity contribution in [2.24, 2.45) is 0 Å². The van der Waals surface area contributed by atoms with E-state index < -0.39 is 5.97 Å². The molecule has 0 aliphatic heterocycles. The number of benzene rings is 1. The van der Waals surface area contributed by atoms with Gasteiger partial charge in [0.15, 0.2) is 0 Å². The molecule has 2 heterocycles. The molecule has 0 aliphatic rings. The zero-order chi connectivity index (χ0) is 15.0. The van der Waals surface area contributed by atoms with E-state index >= 15 is 0 Å². The lowest BCUT2D eigenvalue weighted by atomic mass is 10.1. The highest BCUT2D eigenvalue weighted by Crippen LogP contribution is 2.26. The Morgan fingerprint density at radius 1 is 1.19 bits per heavy atom. The molecule has 4 nitrogen and oxygen atoms in total. The maximum absolute atomic E-state index is 11.4. The van der Waals surface area contributed by atoms with Crippen LogP contribution in [0.15, 0.2) is 47.1 Å². The summed E-state index contributed by atoms with van der Waals surface area (Å²) < 4.78 is 0.942. The van der Waals surface area contributed by atoms with Gasteiger partial charge in [-0.05, 0) is 18.2 Å². The average Bonchev–Trinajstić information content (AvgIpc) is 2.46. The van der Waals surface area contributed by atoms with E-state index in [-0.39, 0.29) is 10.7 Å². The van der Waals surface area contributed by atoms with Gasteiger partial charge in [0, 0.05) is 27.7 Å². The second-order valence-corrected chi connectivity index (χ2v) is 5.69. The highest BCUT2D eigenvalue weighted by atomic mass is 79.9. The number of fused-ring (bicyclic) bond motifs is 1. The summed E-state index contributed by atoms with van der Waals surface area (Å²) >= 11 is 9.23. The molecule has 3 rings (SSSR count). The van der Waals surface area contributed by atoms with Crippen LogP contribution < -0.4 is 0 Å². The molecule has 0 radical (unpaired) electrons. The van der Waals surface area contributed by atoms with E-state index in [2.05, 4.69) is 25.9 Å². The van der Waals surface area contributed by atoms with E-state index in [1.165, 1.54) is 6.20 Å². The average molecular weight is 364 g/mol. The summed E-state index contributed by atoms with van der Waals surface area (Å²) in [5.41, 5.74) is 2.07. The van der Waals surface area contributed by atoms with E-state index in [4.69, 9.17) is 11.6 Å². The fraction of sp³-hybridized carbons (Fsp3) is 0. The summed E-state index contributed by atoms with van der Waals surface area (Å²) in [4.78, 5) is 19.8. The standard InChI is InChI=1S/C15H8BrClN2O2/c16-9-3-1-8(2-4-9)12-5-10(15(20)21)11-7-18-14(17)6-13(11)19-12/h1-7H,(H,20,21). The summed E-state index contributed by atoms with van der Waals surface area (Å²) in [6.45, 7) is 0. The normalized spacial score (nSPS) is 10.8. The smallest absolute Gasteiger partial charge is 0.336 e. The number of carbonyl (C=O) groups is 1. The molecule has 21 heavy (non-hydrogen) atoms. The lowest BCUT2D eigenvalue weighted by Gasteiger charge is -2.07. The molecule has 6 heteroatoms. The Morgan fingerprint density at radius 3 is 2.57 bits per heavy atom. The lowest BCUT2D eigenvalue weighted by molar-refractivity contribution is 0.0699. The number of hydrogen-bond acceptors (Lipinski definition) is 3. The fourth-order valence-corrected chi connectivity index (χ4v) is 2.46. The first-order valence-corrected chi connectivity index (χ1v) is 7.17. The van der Waals surface area contributed by atoms with Crippen molar-refractivity contribution < 1.29 is 9.90 Å². The fourth-order valence-electron chi connectivity index (χ4n) is 2.04. The Balaban J connectivity index is 2.29. The molecular formula is C15H8BrClN2O2. The topological polar surface area (TPSA) is 63.1 Å². The summed E-state index contributed by atoms with van der Waals surface area (Å²) in [5.74, 6) is -1.02.